The summed E-state index contributed by atoms with van der Waals surface area (Å²) in [6, 6.07) is 0.468. The largest absolute Gasteiger partial charge is 0.380 e. The van der Waals surface area contributed by atoms with Crippen molar-refractivity contribution in [3.63, 3.8) is 0 Å². The lowest BCUT2D eigenvalue weighted by Crippen LogP contribution is -2.22. The third-order valence-corrected chi connectivity index (χ3v) is 4.05. The van der Waals surface area contributed by atoms with Crippen molar-refractivity contribution in [2.75, 3.05) is 5.32 Å². The van der Waals surface area contributed by atoms with Crippen molar-refractivity contribution >= 4 is 21.6 Å². The highest BCUT2D eigenvalue weighted by Crippen LogP contribution is 2.23. The lowest BCUT2D eigenvalue weighted by Gasteiger charge is -2.22. The smallest absolute Gasteiger partial charge is 0.280 e. The van der Waals surface area contributed by atoms with Crippen molar-refractivity contribution in [1.29, 1.82) is 0 Å². The maximum Gasteiger partial charge on any atom is 0.280 e. The summed E-state index contributed by atoms with van der Waals surface area (Å²) in [6.45, 7) is 0. The Bertz CT molecular complexity index is 410. The van der Waals surface area contributed by atoms with Gasteiger partial charge in [0.25, 0.3) is 5.56 Å². The minimum Gasteiger partial charge on any atom is -0.380 e. The lowest BCUT2D eigenvalue weighted by atomic mass is 9.96. The number of hydrogen-bond acceptors (Lipinski definition) is 3. The average Bonchev–Trinajstić information content (AvgIpc) is 2.28. The molecule has 1 aliphatic carbocycles. The minimum absolute atomic E-state index is 0.180. The van der Waals surface area contributed by atoms with Crippen molar-refractivity contribution in [3.05, 3.63) is 21.0 Å². The lowest BCUT2D eigenvalue weighted by molar-refractivity contribution is 0.471. The summed E-state index contributed by atoms with van der Waals surface area (Å²) in [4.78, 5) is 11.4. The fourth-order valence-corrected chi connectivity index (χ4v) is 2.61. The number of anilines is 1. The molecule has 0 unspecified atom stereocenters. The molecule has 1 aromatic rings. The maximum atomic E-state index is 11.4. The van der Waals surface area contributed by atoms with Gasteiger partial charge in [-0.3, -0.25) is 4.79 Å². The van der Waals surface area contributed by atoms with Gasteiger partial charge in [0.2, 0.25) is 0 Å². The number of H-pyrrole nitrogens is 1. The van der Waals surface area contributed by atoms with Crippen LogP contribution in [-0.2, 0) is 0 Å². The van der Waals surface area contributed by atoms with E-state index in [0.29, 0.717) is 10.5 Å². The zero-order chi connectivity index (χ0) is 12.1. The van der Waals surface area contributed by atoms with E-state index in [1.165, 1.54) is 44.9 Å². The second-order valence-electron chi connectivity index (χ2n) is 4.61. The van der Waals surface area contributed by atoms with Gasteiger partial charge in [-0.05, 0) is 28.8 Å². The molecule has 0 amide bonds. The molecular formula is C12H18BrN3O. The van der Waals surface area contributed by atoms with E-state index in [0.717, 1.165) is 5.69 Å². The molecule has 94 valence electrons. The fraction of sp³-hybridized carbons (Fsp3) is 0.667. The summed E-state index contributed by atoms with van der Waals surface area (Å²) in [5.41, 5.74) is 0.625. The molecule has 0 spiro atoms. The van der Waals surface area contributed by atoms with Gasteiger partial charge in [-0.2, -0.15) is 5.10 Å². The van der Waals surface area contributed by atoms with Crippen LogP contribution >= 0.6 is 15.9 Å². The van der Waals surface area contributed by atoms with Gasteiger partial charge in [-0.25, -0.2) is 5.10 Å². The van der Waals surface area contributed by atoms with Crippen LogP contribution in [0.4, 0.5) is 5.69 Å². The standard InChI is InChI=1S/C12H18BrN3O/c13-11-10(8-14-16-12(11)17)15-9-6-4-2-1-3-5-7-9/h8-9H,1-7H2,(H2,15,16,17). The van der Waals surface area contributed by atoms with Gasteiger partial charge in [0, 0.05) is 6.04 Å². The summed E-state index contributed by atoms with van der Waals surface area (Å²) in [7, 11) is 0. The van der Waals surface area contributed by atoms with Crippen LogP contribution in [0, 0.1) is 0 Å². The zero-order valence-electron chi connectivity index (χ0n) is 9.84. The monoisotopic (exact) mass is 299 g/mol. The van der Waals surface area contributed by atoms with Gasteiger partial charge < -0.3 is 5.32 Å². The van der Waals surface area contributed by atoms with E-state index < -0.39 is 0 Å². The third-order valence-electron chi connectivity index (χ3n) is 3.26. The Hall–Kier alpha value is -0.840. The van der Waals surface area contributed by atoms with Gasteiger partial charge in [0.15, 0.2) is 0 Å². The van der Waals surface area contributed by atoms with Crippen molar-refractivity contribution in [2.45, 2.75) is 51.0 Å². The van der Waals surface area contributed by atoms with Crippen LogP contribution in [0.15, 0.2) is 15.5 Å². The van der Waals surface area contributed by atoms with Crippen LogP contribution in [0.3, 0.4) is 0 Å². The van der Waals surface area contributed by atoms with Crippen molar-refractivity contribution < 1.29 is 0 Å². The highest BCUT2D eigenvalue weighted by atomic mass is 79.9. The van der Waals surface area contributed by atoms with Crippen LogP contribution in [0.1, 0.15) is 44.9 Å². The average molecular weight is 300 g/mol. The summed E-state index contributed by atoms with van der Waals surface area (Å²) in [6.07, 6.45) is 10.6. The number of aromatic amines is 1. The number of nitrogens with zero attached hydrogens (tertiary/aromatic N) is 1. The number of hydrogen-bond donors (Lipinski definition) is 2. The minimum atomic E-state index is -0.180. The maximum absolute atomic E-state index is 11.4. The summed E-state index contributed by atoms with van der Waals surface area (Å²) < 4.78 is 0.551. The molecule has 0 aromatic carbocycles. The Morgan fingerprint density at radius 3 is 2.59 bits per heavy atom. The van der Waals surface area contributed by atoms with E-state index in [9.17, 15) is 4.79 Å². The number of rotatable bonds is 2. The van der Waals surface area contributed by atoms with Crippen LogP contribution in [-0.4, -0.2) is 16.2 Å². The molecule has 4 nitrogen and oxygen atoms in total. The molecule has 1 fully saturated rings. The molecule has 17 heavy (non-hydrogen) atoms. The molecule has 5 heteroatoms. The Labute approximate surface area is 109 Å². The Kier molecular flexibility index (Phi) is 4.59. The molecule has 0 aliphatic heterocycles. The van der Waals surface area contributed by atoms with Gasteiger partial charge in [-0.1, -0.05) is 32.1 Å². The first-order chi connectivity index (χ1) is 8.27. The quantitative estimate of drug-likeness (QED) is 0.882. The van der Waals surface area contributed by atoms with Gasteiger partial charge in [0.1, 0.15) is 4.47 Å². The first kappa shape index (κ1) is 12.6. The molecule has 1 aliphatic rings. The second-order valence-corrected chi connectivity index (χ2v) is 5.41. The van der Waals surface area contributed by atoms with E-state index in [2.05, 4.69) is 31.4 Å². The predicted octanol–water partition coefficient (Wildman–Crippen LogP) is 3.06. The predicted molar refractivity (Wildman–Crippen MR) is 72.3 cm³/mol. The first-order valence-electron chi connectivity index (χ1n) is 6.27. The first-order valence-corrected chi connectivity index (χ1v) is 7.06. The van der Waals surface area contributed by atoms with E-state index >= 15 is 0 Å². The molecule has 2 rings (SSSR count). The molecule has 0 atom stereocenters. The fourth-order valence-electron chi connectivity index (χ4n) is 2.30. The molecular weight excluding hydrogens is 282 g/mol. The van der Waals surface area contributed by atoms with E-state index in [-0.39, 0.29) is 5.56 Å². The van der Waals surface area contributed by atoms with Crippen LogP contribution < -0.4 is 10.9 Å². The molecule has 0 bridgehead atoms. The highest BCUT2D eigenvalue weighted by Gasteiger charge is 2.13. The van der Waals surface area contributed by atoms with E-state index in [1.807, 2.05) is 0 Å². The molecule has 0 saturated heterocycles. The van der Waals surface area contributed by atoms with E-state index in [1.54, 1.807) is 6.20 Å². The van der Waals surface area contributed by atoms with Crippen molar-refractivity contribution in [1.82, 2.24) is 10.2 Å². The van der Waals surface area contributed by atoms with Gasteiger partial charge >= 0.3 is 0 Å². The second kappa shape index (κ2) is 6.19. The van der Waals surface area contributed by atoms with Gasteiger partial charge in [0.05, 0.1) is 11.9 Å². The van der Waals surface area contributed by atoms with Crippen molar-refractivity contribution in [3.8, 4) is 0 Å². The van der Waals surface area contributed by atoms with Gasteiger partial charge in [-0.15, -0.1) is 0 Å². The third kappa shape index (κ3) is 3.56. The van der Waals surface area contributed by atoms with Crippen LogP contribution in [0.5, 0.6) is 0 Å². The molecule has 1 saturated carbocycles. The molecule has 2 N–H and O–H groups in total. The normalized spacial score (nSPS) is 18.4. The van der Waals surface area contributed by atoms with Crippen LogP contribution in [0.25, 0.3) is 0 Å². The van der Waals surface area contributed by atoms with Crippen LogP contribution in [0.2, 0.25) is 0 Å². The number of nitrogens with one attached hydrogen (secondary N) is 2. The summed E-state index contributed by atoms with van der Waals surface area (Å²) in [5, 5.41) is 9.66. The summed E-state index contributed by atoms with van der Waals surface area (Å²) in [5.74, 6) is 0. The molecule has 1 heterocycles. The topological polar surface area (TPSA) is 57.8 Å². The van der Waals surface area contributed by atoms with E-state index in [4.69, 9.17) is 0 Å². The Morgan fingerprint density at radius 2 is 1.88 bits per heavy atom. The Balaban J connectivity index is 2.03. The summed E-state index contributed by atoms with van der Waals surface area (Å²) >= 11 is 3.30. The SMILES string of the molecule is O=c1[nH]ncc(NC2CCCCCCC2)c1Br. The molecule has 0 radical (unpaired) electrons. The highest BCUT2D eigenvalue weighted by molar-refractivity contribution is 9.10. The van der Waals surface area contributed by atoms with Crippen molar-refractivity contribution in [2.24, 2.45) is 0 Å². The zero-order valence-corrected chi connectivity index (χ0v) is 11.4. The number of aromatic nitrogens is 2. The Morgan fingerprint density at radius 1 is 1.24 bits per heavy atom. The number of halogens is 1. The molecule has 1 aromatic heterocycles.